The molecule has 2 N–H and O–H groups in total. The molecule has 1 aromatic rings. The number of halogens is 2. The van der Waals surface area contributed by atoms with Gasteiger partial charge < -0.3 is 10.5 Å². The second-order valence-electron chi connectivity index (χ2n) is 3.42. The van der Waals surface area contributed by atoms with Gasteiger partial charge in [-0.15, -0.1) is 0 Å². The van der Waals surface area contributed by atoms with Crippen LogP contribution in [0, 0.1) is 11.6 Å². The number of ether oxygens (including phenoxy) is 1. The summed E-state index contributed by atoms with van der Waals surface area (Å²) >= 11 is 0. The van der Waals surface area contributed by atoms with Crippen molar-refractivity contribution in [1.82, 2.24) is 0 Å². The van der Waals surface area contributed by atoms with Crippen LogP contribution in [-0.2, 0) is 4.74 Å². The van der Waals surface area contributed by atoms with Gasteiger partial charge in [0.25, 0.3) is 0 Å². The zero-order valence-electron chi connectivity index (χ0n) is 7.54. The Morgan fingerprint density at radius 2 is 2.07 bits per heavy atom. The molecule has 0 unspecified atom stereocenters. The Labute approximate surface area is 80.7 Å². The SMILES string of the molecule is N[C@H]1CCO[C@H]1c1ccc(F)c(F)c1. The van der Waals surface area contributed by atoms with Crippen LogP contribution in [0.15, 0.2) is 18.2 Å². The van der Waals surface area contributed by atoms with Gasteiger partial charge in [-0.1, -0.05) is 6.07 Å². The minimum absolute atomic E-state index is 0.125. The van der Waals surface area contributed by atoms with Crippen LogP contribution in [0.2, 0.25) is 0 Å². The Hall–Kier alpha value is -1.00. The maximum absolute atomic E-state index is 12.9. The van der Waals surface area contributed by atoms with Crippen molar-refractivity contribution < 1.29 is 13.5 Å². The van der Waals surface area contributed by atoms with E-state index in [0.29, 0.717) is 12.2 Å². The number of hydrogen-bond donors (Lipinski definition) is 1. The van der Waals surface area contributed by atoms with Crippen LogP contribution in [0.1, 0.15) is 18.1 Å². The van der Waals surface area contributed by atoms with E-state index in [4.69, 9.17) is 10.5 Å². The van der Waals surface area contributed by atoms with Crippen molar-refractivity contribution in [2.24, 2.45) is 5.73 Å². The Kier molecular flexibility index (Phi) is 2.48. The summed E-state index contributed by atoms with van der Waals surface area (Å²) in [6.07, 6.45) is 0.453. The van der Waals surface area contributed by atoms with Crippen LogP contribution in [0.25, 0.3) is 0 Å². The second kappa shape index (κ2) is 3.63. The first kappa shape index (κ1) is 9.55. The molecular weight excluding hydrogens is 188 g/mol. The largest absolute Gasteiger partial charge is 0.372 e. The highest BCUT2D eigenvalue weighted by Crippen LogP contribution is 2.28. The molecule has 0 aromatic heterocycles. The molecule has 0 bridgehead atoms. The Morgan fingerprint density at radius 1 is 1.29 bits per heavy atom. The molecule has 2 nitrogen and oxygen atoms in total. The third kappa shape index (κ3) is 1.63. The van der Waals surface area contributed by atoms with Gasteiger partial charge in [-0.05, 0) is 24.1 Å². The summed E-state index contributed by atoms with van der Waals surface area (Å²) in [4.78, 5) is 0. The van der Waals surface area contributed by atoms with Gasteiger partial charge in [0.15, 0.2) is 11.6 Å². The van der Waals surface area contributed by atoms with Crippen molar-refractivity contribution in [2.75, 3.05) is 6.61 Å². The molecule has 1 aromatic carbocycles. The minimum atomic E-state index is -0.856. The fraction of sp³-hybridized carbons (Fsp3) is 0.400. The van der Waals surface area contributed by atoms with E-state index >= 15 is 0 Å². The first-order valence-electron chi connectivity index (χ1n) is 4.50. The lowest BCUT2D eigenvalue weighted by molar-refractivity contribution is 0.105. The van der Waals surface area contributed by atoms with Gasteiger partial charge in [0, 0.05) is 12.6 Å². The van der Waals surface area contributed by atoms with Gasteiger partial charge in [-0.2, -0.15) is 0 Å². The third-order valence-corrected chi connectivity index (χ3v) is 2.41. The van der Waals surface area contributed by atoms with E-state index in [0.717, 1.165) is 18.6 Å². The molecule has 1 aliphatic rings. The normalized spacial score (nSPS) is 26.8. The predicted molar refractivity (Wildman–Crippen MR) is 47.6 cm³/mol. The summed E-state index contributed by atoms with van der Waals surface area (Å²) in [5.41, 5.74) is 6.36. The van der Waals surface area contributed by atoms with E-state index in [1.807, 2.05) is 0 Å². The van der Waals surface area contributed by atoms with E-state index in [-0.39, 0.29) is 12.1 Å². The summed E-state index contributed by atoms with van der Waals surface area (Å²) in [6.45, 7) is 0.574. The van der Waals surface area contributed by atoms with Gasteiger partial charge >= 0.3 is 0 Å². The number of benzene rings is 1. The fourth-order valence-corrected chi connectivity index (χ4v) is 1.64. The first-order valence-corrected chi connectivity index (χ1v) is 4.50. The van der Waals surface area contributed by atoms with Crippen molar-refractivity contribution in [1.29, 1.82) is 0 Å². The number of hydrogen-bond acceptors (Lipinski definition) is 2. The zero-order valence-corrected chi connectivity index (χ0v) is 7.54. The summed E-state index contributed by atoms with van der Waals surface area (Å²) in [7, 11) is 0. The second-order valence-corrected chi connectivity index (χ2v) is 3.42. The Morgan fingerprint density at radius 3 is 2.64 bits per heavy atom. The van der Waals surface area contributed by atoms with Gasteiger partial charge in [0.2, 0.25) is 0 Å². The average Bonchev–Trinajstić information content (AvgIpc) is 2.57. The van der Waals surface area contributed by atoms with Crippen LogP contribution in [0.3, 0.4) is 0 Å². The van der Waals surface area contributed by atoms with Crippen molar-refractivity contribution in [3.05, 3.63) is 35.4 Å². The summed E-state index contributed by atoms with van der Waals surface area (Å²) in [5, 5.41) is 0. The van der Waals surface area contributed by atoms with E-state index in [1.165, 1.54) is 6.07 Å². The quantitative estimate of drug-likeness (QED) is 0.747. The van der Waals surface area contributed by atoms with Crippen molar-refractivity contribution >= 4 is 0 Å². The molecule has 0 spiro atoms. The van der Waals surface area contributed by atoms with E-state index < -0.39 is 11.6 Å². The smallest absolute Gasteiger partial charge is 0.159 e. The van der Waals surface area contributed by atoms with E-state index in [2.05, 4.69) is 0 Å². The van der Waals surface area contributed by atoms with Crippen LogP contribution in [0.4, 0.5) is 8.78 Å². The van der Waals surface area contributed by atoms with E-state index in [1.54, 1.807) is 0 Å². The lowest BCUT2D eigenvalue weighted by atomic mass is 10.0. The minimum Gasteiger partial charge on any atom is -0.372 e. The Bertz CT molecular complexity index is 343. The fourth-order valence-electron chi connectivity index (χ4n) is 1.64. The molecule has 4 heteroatoms. The zero-order chi connectivity index (χ0) is 10.1. The van der Waals surface area contributed by atoms with Crippen LogP contribution in [-0.4, -0.2) is 12.6 Å². The molecule has 1 heterocycles. The van der Waals surface area contributed by atoms with E-state index in [9.17, 15) is 8.78 Å². The molecule has 0 amide bonds. The number of nitrogens with two attached hydrogens (primary N) is 1. The highest BCUT2D eigenvalue weighted by Gasteiger charge is 2.26. The maximum atomic E-state index is 12.9. The number of rotatable bonds is 1. The highest BCUT2D eigenvalue weighted by molar-refractivity contribution is 5.22. The van der Waals surface area contributed by atoms with Crippen LogP contribution >= 0.6 is 0 Å². The highest BCUT2D eigenvalue weighted by atomic mass is 19.2. The molecule has 1 aliphatic heterocycles. The monoisotopic (exact) mass is 199 g/mol. The van der Waals surface area contributed by atoms with Crippen molar-refractivity contribution in [3.63, 3.8) is 0 Å². The molecule has 2 rings (SSSR count). The topological polar surface area (TPSA) is 35.2 Å². The van der Waals surface area contributed by atoms with Crippen molar-refractivity contribution in [2.45, 2.75) is 18.6 Å². The lowest BCUT2D eigenvalue weighted by Crippen LogP contribution is -2.23. The predicted octanol–water partition coefficient (Wildman–Crippen LogP) is 1.75. The summed E-state index contributed by atoms with van der Waals surface area (Å²) < 4.78 is 30.9. The molecular formula is C10H11F2NO. The summed E-state index contributed by atoms with van der Waals surface area (Å²) in [5.74, 6) is -1.70. The van der Waals surface area contributed by atoms with Crippen LogP contribution in [0.5, 0.6) is 0 Å². The standard InChI is InChI=1S/C10H11F2NO/c11-7-2-1-6(5-8(7)12)10-9(13)3-4-14-10/h1-2,5,9-10H,3-4,13H2/t9-,10-/m0/s1. The molecule has 0 aliphatic carbocycles. The third-order valence-electron chi connectivity index (χ3n) is 2.41. The van der Waals surface area contributed by atoms with Crippen LogP contribution < -0.4 is 5.73 Å². The van der Waals surface area contributed by atoms with Gasteiger partial charge in [-0.3, -0.25) is 0 Å². The van der Waals surface area contributed by atoms with Crippen molar-refractivity contribution in [3.8, 4) is 0 Å². The van der Waals surface area contributed by atoms with Gasteiger partial charge in [0.1, 0.15) is 0 Å². The maximum Gasteiger partial charge on any atom is 0.159 e. The average molecular weight is 199 g/mol. The molecule has 76 valence electrons. The first-order chi connectivity index (χ1) is 6.68. The van der Waals surface area contributed by atoms with Gasteiger partial charge in [-0.25, -0.2) is 8.78 Å². The lowest BCUT2D eigenvalue weighted by Gasteiger charge is -2.14. The molecule has 0 radical (unpaired) electrons. The molecule has 2 atom stereocenters. The molecule has 14 heavy (non-hydrogen) atoms. The molecule has 1 fully saturated rings. The Balaban J connectivity index is 2.28. The molecule has 1 saturated heterocycles. The summed E-state index contributed by atoms with van der Waals surface area (Å²) in [6, 6.07) is 3.62. The molecule has 0 saturated carbocycles. The van der Waals surface area contributed by atoms with Gasteiger partial charge in [0.05, 0.1) is 6.10 Å².